The fourth-order valence-electron chi connectivity index (χ4n) is 2.58. The Morgan fingerprint density at radius 3 is 2.25 bits per heavy atom. The second-order valence-electron chi connectivity index (χ2n) is 7.39. The third-order valence-corrected chi connectivity index (χ3v) is 4.94. The summed E-state index contributed by atoms with van der Waals surface area (Å²) in [5.41, 5.74) is 3.35. The van der Waals surface area contributed by atoms with E-state index in [1.54, 1.807) is 27.7 Å². The standard InChI is InChI=1S/C15H28N2O3/c1-10-7-6-8-15(9-10,12(19)20)17-11(18)13(2,3)14(4,5)16/h10H,6-9,16H2,1-5H3,(H,17,18)(H,19,20). The summed E-state index contributed by atoms with van der Waals surface area (Å²) in [6, 6.07) is 0. The molecular formula is C15H28N2O3. The molecule has 0 aromatic carbocycles. The molecule has 0 aliphatic heterocycles. The Morgan fingerprint density at radius 2 is 1.85 bits per heavy atom. The summed E-state index contributed by atoms with van der Waals surface area (Å²) in [4.78, 5) is 24.2. The molecule has 0 saturated heterocycles. The number of carboxylic acids is 1. The number of amides is 1. The van der Waals surface area contributed by atoms with Gasteiger partial charge in [0.2, 0.25) is 5.91 Å². The van der Waals surface area contributed by atoms with Crippen LogP contribution >= 0.6 is 0 Å². The molecule has 1 saturated carbocycles. The van der Waals surface area contributed by atoms with Gasteiger partial charge in [-0.1, -0.05) is 19.8 Å². The topological polar surface area (TPSA) is 92.4 Å². The predicted molar refractivity (Wildman–Crippen MR) is 78.2 cm³/mol. The molecule has 1 rings (SSSR count). The summed E-state index contributed by atoms with van der Waals surface area (Å²) in [7, 11) is 0. The van der Waals surface area contributed by atoms with Gasteiger partial charge in [0.05, 0.1) is 5.41 Å². The van der Waals surface area contributed by atoms with Gasteiger partial charge in [-0.25, -0.2) is 4.79 Å². The van der Waals surface area contributed by atoms with Crippen LogP contribution in [0.3, 0.4) is 0 Å². The quantitative estimate of drug-likeness (QED) is 0.735. The van der Waals surface area contributed by atoms with Crippen LogP contribution in [0.1, 0.15) is 60.3 Å². The summed E-state index contributed by atoms with van der Waals surface area (Å²) in [5, 5.41) is 12.4. The fraction of sp³-hybridized carbons (Fsp3) is 0.867. The molecule has 5 heteroatoms. The Hall–Kier alpha value is -1.10. The van der Waals surface area contributed by atoms with E-state index >= 15 is 0 Å². The van der Waals surface area contributed by atoms with Crippen LogP contribution in [0.5, 0.6) is 0 Å². The third kappa shape index (κ3) is 3.14. The average molecular weight is 284 g/mol. The Labute approximate surface area is 121 Å². The molecule has 0 aromatic heterocycles. The zero-order valence-corrected chi connectivity index (χ0v) is 13.2. The largest absolute Gasteiger partial charge is 0.480 e. The monoisotopic (exact) mass is 284 g/mol. The van der Waals surface area contributed by atoms with Gasteiger partial charge < -0.3 is 16.2 Å². The molecular weight excluding hydrogens is 256 g/mol. The molecule has 0 spiro atoms. The molecule has 20 heavy (non-hydrogen) atoms. The molecule has 1 aliphatic carbocycles. The summed E-state index contributed by atoms with van der Waals surface area (Å²) >= 11 is 0. The van der Waals surface area contributed by atoms with E-state index in [0.29, 0.717) is 18.8 Å². The van der Waals surface area contributed by atoms with Crippen molar-refractivity contribution in [1.29, 1.82) is 0 Å². The number of hydrogen-bond acceptors (Lipinski definition) is 3. The first-order valence-electron chi connectivity index (χ1n) is 7.27. The number of aliphatic carboxylic acids is 1. The van der Waals surface area contributed by atoms with Crippen LogP contribution in [0, 0.1) is 11.3 Å². The smallest absolute Gasteiger partial charge is 0.329 e. The van der Waals surface area contributed by atoms with E-state index in [2.05, 4.69) is 5.32 Å². The number of nitrogens with one attached hydrogen (secondary N) is 1. The van der Waals surface area contributed by atoms with Crippen molar-refractivity contribution in [2.24, 2.45) is 17.1 Å². The van der Waals surface area contributed by atoms with E-state index in [1.807, 2.05) is 6.92 Å². The summed E-state index contributed by atoms with van der Waals surface area (Å²) in [6.07, 6.45) is 2.80. The van der Waals surface area contributed by atoms with E-state index in [4.69, 9.17) is 5.73 Å². The molecule has 2 atom stereocenters. The first-order chi connectivity index (χ1) is 8.92. The highest BCUT2D eigenvalue weighted by Gasteiger charge is 2.48. The summed E-state index contributed by atoms with van der Waals surface area (Å²) in [5.74, 6) is -0.932. The van der Waals surface area contributed by atoms with Gasteiger partial charge in [0.1, 0.15) is 5.54 Å². The molecule has 1 aliphatic rings. The van der Waals surface area contributed by atoms with Crippen molar-refractivity contribution in [2.45, 2.75) is 71.4 Å². The van der Waals surface area contributed by atoms with Gasteiger partial charge in [0, 0.05) is 5.54 Å². The van der Waals surface area contributed by atoms with Gasteiger partial charge in [0.25, 0.3) is 0 Å². The van der Waals surface area contributed by atoms with Gasteiger partial charge >= 0.3 is 5.97 Å². The molecule has 4 N–H and O–H groups in total. The molecule has 116 valence electrons. The third-order valence-electron chi connectivity index (χ3n) is 4.94. The average Bonchev–Trinajstić information content (AvgIpc) is 2.26. The van der Waals surface area contributed by atoms with Gasteiger partial charge in [-0.15, -0.1) is 0 Å². The second-order valence-corrected chi connectivity index (χ2v) is 7.39. The number of rotatable bonds is 4. The van der Waals surface area contributed by atoms with Crippen molar-refractivity contribution in [2.75, 3.05) is 0 Å². The maximum atomic E-state index is 12.5. The van der Waals surface area contributed by atoms with Crippen molar-refractivity contribution in [3.8, 4) is 0 Å². The lowest BCUT2D eigenvalue weighted by Crippen LogP contribution is -2.63. The minimum atomic E-state index is -1.14. The van der Waals surface area contributed by atoms with Crippen molar-refractivity contribution in [3.63, 3.8) is 0 Å². The lowest BCUT2D eigenvalue weighted by molar-refractivity contribution is -0.152. The maximum absolute atomic E-state index is 12.5. The highest BCUT2D eigenvalue weighted by molar-refractivity contribution is 5.90. The molecule has 1 fully saturated rings. The van der Waals surface area contributed by atoms with E-state index in [1.165, 1.54) is 0 Å². The van der Waals surface area contributed by atoms with Crippen molar-refractivity contribution in [3.05, 3.63) is 0 Å². The van der Waals surface area contributed by atoms with E-state index < -0.39 is 22.5 Å². The van der Waals surface area contributed by atoms with Crippen LogP contribution in [0.25, 0.3) is 0 Å². The Morgan fingerprint density at radius 1 is 1.30 bits per heavy atom. The van der Waals surface area contributed by atoms with Crippen LogP contribution < -0.4 is 11.1 Å². The van der Waals surface area contributed by atoms with Gasteiger partial charge in [0.15, 0.2) is 0 Å². The van der Waals surface area contributed by atoms with Crippen molar-refractivity contribution < 1.29 is 14.7 Å². The fourth-order valence-corrected chi connectivity index (χ4v) is 2.58. The lowest BCUT2D eigenvalue weighted by Gasteiger charge is -2.42. The zero-order chi connectivity index (χ0) is 15.8. The molecule has 0 bridgehead atoms. The normalized spacial score (nSPS) is 28.0. The SMILES string of the molecule is CC1CCCC(NC(=O)C(C)(C)C(C)(C)N)(C(=O)O)C1. The van der Waals surface area contributed by atoms with Gasteiger partial charge in [-0.05, 0) is 46.5 Å². The van der Waals surface area contributed by atoms with Crippen LogP contribution in [0.4, 0.5) is 0 Å². The van der Waals surface area contributed by atoms with Crippen molar-refractivity contribution >= 4 is 11.9 Å². The van der Waals surface area contributed by atoms with Crippen LogP contribution in [0.2, 0.25) is 0 Å². The Kier molecular flexibility index (Phi) is 4.54. The lowest BCUT2D eigenvalue weighted by atomic mass is 9.72. The number of carbonyl (C=O) groups excluding carboxylic acids is 1. The summed E-state index contributed by atoms with van der Waals surface area (Å²) in [6.45, 7) is 9.10. The highest BCUT2D eigenvalue weighted by Crippen LogP contribution is 2.35. The summed E-state index contributed by atoms with van der Waals surface area (Å²) < 4.78 is 0. The maximum Gasteiger partial charge on any atom is 0.329 e. The van der Waals surface area contributed by atoms with Crippen LogP contribution in [-0.2, 0) is 9.59 Å². The number of nitrogens with two attached hydrogens (primary N) is 1. The molecule has 0 radical (unpaired) electrons. The molecule has 5 nitrogen and oxygen atoms in total. The van der Waals surface area contributed by atoms with Crippen LogP contribution in [-0.4, -0.2) is 28.1 Å². The zero-order valence-electron chi connectivity index (χ0n) is 13.2. The first-order valence-corrected chi connectivity index (χ1v) is 7.27. The molecule has 2 unspecified atom stereocenters. The van der Waals surface area contributed by atoms with Crippen molar-refractivity contribution in [1.82, 2.24) is 5.32 Å². The minimum Gasteiger partial charge on any atom is -0.480 e. The van der Waals surface area contributed by atoms with E-state index in [0.717, 1.165) is 12.8 Å². The van der Waals surface area contributed by atoms with E-state index in [9.17, 15) is 14.7 Å². The molecule has 0 heterocycles. The molecule has 0 aromatic rings. The second kappa shape index (κ2) is 5.35. The first kappa shape index (κ1) is 17.0. The van der Waals surface area contributed by atoms with Crippen LogP contribution in [0.15, 0.2) is 0 Å². The molecule has 1 amide bonds. The predicted octanol–water partition coefficient (Wildman–Crippen LogP) is 1.90. The minimum absolute atomic E-state index is 0.290. The van der Waals surface area contributed by atoms with E-state index in [-0.39, 0.29) is 5.91 Å². The van der Waals surface area contributed by atoms with Gasteiger partial charge in [-0.3, -0.25) is 4.79 Å². The number of hydrogen-bond donors (Lipinski definition) is 3. The number of carbonyl (C=O) groups is 2. The Bertz CT molecular complexity index is 398. The number of carboxylic acid groups (broad SMARTS) is 1. The van der Waals surface area contributed by atoms with Gasteiger partial charge in [-0.2, -0.15) is 0 Å². The highest BCUT2D eigenvalue weighted by atomic mass is 16.4. The Balaban J connectivity index is 2.98.